The van der Waals surface area contributed by atoms with Crippen molar-refractivity contribution in [3.8, 4) is 0 Å². The largest absolute Gasteiger partial charge is 0.325 e. The zero-order chi connectivity index (χ0) is 23.7. The van der Waals surface area contributed by atoms with E-state index in [0.29, 0.717) is 17.4 Å². The van der Waals surface area contributed by atoms with Gasteiger partial charge in [-0.1, -0.05) is 71.9 Å². The van der Waals surface area contributed by atoms with E-state index in [9.17, 15) is 9.59 Å². The third kappa shape index (κ3) is 4.39. The molecule has 0 bridgehead atoms. The fourth-order valence-corrected chi connectivity index (χ4v) is 4.94. The number of nitrogens with zero attached hydrogens (tertiary/aromatic N) is 3. The Morgan fingerprint density at radius 2 is 1.79 bits per heavy atom. The second-order valence-corrected chi connectivity index (χ2v) is 9.34. The maximum atomic E-state index is 13.4. The first-order valence-electron chi connectivity index (χ1n) is 11.1. The minimum Gasteiger partial charge on any atom is -0.325 e. The van der Waals surface area contributed by atoms with Gasteiger partial charge in [-0.25, -0.2) is 9.89 Å². The highest BCUT2D eigenvalue weighted by Gasteiger charge is 2.41. The summed E-state index contributed by atoms with van der Waals surface area (Å²) in [7, 11) is 0. The molecule has 0 aromatic heterocycles. The fourth-order valence-electron chi connectivity index (χ4n) is 4.14. The smallest absolute Gasteiger partial charge is 0.259 e. The second-order valence-electron chi connectivity index (χ2n) is 8.40. The van der Waals surface area contributed by atoms with E-state index < -0.39 is 6.04 Å². The summed E-state index contributed by atoms with van der Waals surface area (Å²) in [6.45, 7) is 3.99. The SMILES string of the molecule is Cc1ccc(NC(=O)CSC2=Nc3ccccc3C3=N[C@H](Cc4ccccc4)C(=O)N23)c(C)c1. The van der Waals surface area contributed by atoms with Crippen molar-refractivity contribution in [3.63, 3.8) is 0 Å². The predicted molar refractivity (Wildman–Crippen MR) is 138 cm³/mol. The molecule has 0 unspecified atom stereocenters. The molecule has 2 aliphatic heterocycles. The molecule has 0 aliphatic carbocycles. The Morgan fingerprint density at radius 1 is 1.03 bits per heavy atom. The van der Waals surface area contributed by atoms with E-state index in [-0.39, 0.29) is 17.6 Å². The number of aryl methyl sites for hydroxylation is 2. The molecule has 3 aromatic rings. The Kier molecular flexibility index (Phi) is 6.02. The lowest BCUT2D eigenvalue weighted by Gasteiger charge is -2.25. The quantitative estimate of drug-likeness (QED) is 0.580. The highest BCUT2D eigenvalue weighted by molar-refractivity contribution is 8.14. The molecule has 5 rings (SSSR count). The Morgan fingerprint density at radius 3 is 2.59 bits per heavy atom. The average Bonchev–Trinajstić information content (AvgIpc) is 3.16. The molecule has 1 N–H and O–H groups in total. The summed E-state index contributed by atoms with van der Waals surface area (Å²) in [5.74, 6) is 0.474. The van der Waals surface area contributed by atoms with Crippen LogP contribution in [0.5, 0.6) is 0 Å². The van der Waals surface area contributed by atoms with Crippen molar-refractivity contribution in [2.75, 3.05) is 11.1 Å². The summed E-state index contributed by atoms with van der Waals surface area (Å²) in [4.78, 5) is 37.2. The zero-order valence-electron chi connectivity index (χ0n) is 19.0. The maximum absolute atomic E-state index is 13.4. The molecule has 1 atom stereocenters. The number of amides is 2. The maximum Gasteiger partial charge on any atom is 0.259 e. The molecule has 6 nitrogen and oxygen atoms in total. The van der Waals surface area contributed by atoms with Gasteiger partial charge >= 0.3 is 0 Å². The molecule has 2 amide bonds. The number of nitrogens with one attached hydrogen (secondary N) is 1. The topological polar surface area (TPSA) is 74.1 Å². The summed E-state index contributed by atoms with van der Waals surface area (Å²) in [6, 6.07) is 22.9. The van der Waals surface area contributed by atoms with Crippen molar-refractivity contribution in [2.45, 2.75) is 26.3 Å². The van der Waals surface area contributed by atoms with Crippen LogP contribution in [0.15, 0.2) is 82.8 Å². The fraction of sp³-hybridized carbons (Fsp3) is 0.185. The van der Waals surface area contributed by atoms with Crippen molar-refractivity contribution in [1.29, 1.82) is 0 Å². The van der Waals surface area contributed by atoms with Gasteiger partial charge in [0.05, 0.1) is 11.4 Å². The van der Waals surface area contributed by atoms with Crippen molar-refractivity contribution in [1.82, 2.24) is 4.90 Å². The van der Waals surface area contributed by atoms with Crippen molar-refractivity contribution < 1.29 is 9.59 Å². The van der Waals surface area contributed by atoms with Crippen LogP contribution >= 0.6 is 11.8 Å². The molecular weight excluding hydrogens is 444 g/mol. The van der Waals surface area contributed by atoms with Crippen molar-refractivity contribution >= 4 is 46.0 Å². The molecule has 2 aliphatic rings. The molecule has 0 fully saturated rings. The van der Waals surface area contributed by atoms with Gasteiger partial charge in [0.15, 0.2) is 5.17 Å². The number of rotatable bonds is 5. The van der Waals surface area contributed by atoms with Crippen LogP contribution in [-0.2, 0) is 16.0 Å². The third-order valence-corrected chi connectivity index (χ3v) is 6.75. The van der Waals surface area contributed by atoms with E-state index in [2.05, 4.69) is 5.32 Å². The first-order valence-corrected chi connectivity index (χ1v) is 12.1. The van der Waals surface area contributed by atoms with Crippen molar-refractivity contribution in [3.05, 3.63) is 95.1 Å². The van der Waals surface area contributed by atoms with E-state index in [0.717, 1.165) is 33.6 Å². The number of para-hydroxylation sites is 1. The minimum absolute atomic E-state index is 0.116. The molecule has 0 saturated heterocycles. The molecule has 7 heteroatoms. The summed E-state index contributed by atoms with van der Waals surface area (Å²) in [5, 5.41) is 3.44. The van der Waals surface area contributed by atoms with Gasteiger partial charge in [-0.3, -0.25) is 14.6 Å². The Balaban J connectivity index is 1.36. The van der Waals surface area contributed by atoms with Crippen LogP contribution in [-0.4, -0.2) is 39.5 Å². The number of hydrogen-bond donors (Lipinski definition) is 1. The van der Waals surface area contributed by atoms with Crippen LogP contribution in [0.3, 0.4) is 0 Å². The summed E-state index contributed by atoms with van der Waals surface area (Å²) >= 11 is 1.25. The molecule has 0 spiro atoms. The second kappa shape index (κ2) is 9.27. The Bertz CT molecular complexity index is 1330. The van der Waals surface area contributed by atoms with E-state index in [1.807, 2.05) is 86.6 Å². The van der Waals surface area contributed by atoms with E-state index in [1.165, 1.54) is 11.8 Å². The molecule has 3 aromatic carbocycles. The van der Waals surface area contributed by atoms with Crippen LogP contribution < -0.4 is 5.32 Å². The summed E-state index contributed by atoms with van der Waals surface area (Å²) in [6.07, 6.45) is 0.521. The molecule has 170 valence electrons. The number of carbonyl (C=O) groups excluding carboxylic acids is 2. The van der Waals surface area contributed by atoms with Crippen molar-refractivity contribution in [2.24, 2.45) is 9.98 Å². The van der Waals surface area contributed by atoms with Crippen LogP contribution in [0, 0.1) is 13.8 Å². The number of carbonyl (C=O) groups is 2. The molecule has 0 saturated carbocycles. The van der Waals surface area contributed by atoms with Gasteiger partial charge in [-0.05, 0) is 43.2 Å². The van der Waals surface area contributed by atoms with Gasteiger partial charge in [0, 0.05) is 17.7 Å². The standard InChI is InChI=1S/C27H24N4O2S/c1-17-12-13-21(18(2)14-17)28-24(32)16-34-27-30-22-11-7-6-10-20(22)25-29-23(26(33)31(25)27)15-19-8-4-3-5-9-19/h3-14,23H,15-16H2,1-2H3,(H,28,32)/t23-/m1/s1. The number of anilines is 1. The van der Waals surface area contributed by atoms with Gasteiger partial charge in [0.25, 0.3) is 5.91 Å². The lowest BCUT2D eigenvalue weighted by atomic mass is 10.1. The molecule has 34 heavy (non-hydrogen) atoms. The average molecular weight is 469 g/mol. The molecular formula is C27H24N4O2S. The Labute approximate surface area is 202 Å². The van der Waals surface area contributed by atoms with Crippen LogP contribution in [0.1, 0.15) is 22.3 Å². The first kappa shape index (κ1) is 22.1. The van der Waals surface area contributed by atoms with Gasteiger partial charge in [0.2, 0.25) is 5.91 Å². The lowest BCUT2D eigenvalue weighted by molar-refractivity contribution is -0.124. The third-order valence-electron chi connectivity index (χ3n) is 5.81. The van der Waals surface area contributed by atoms with Gasteiger partial charge in [-0.2, -0.15) is 0 Å². The lowest BCUT2D eigenvalue weighted by Crippen LogP contribution is -2.41. The summed E-state index contributed by atoms with van der Waals surface area (Å²) in [5.41, 5.74) is 5.57. The number of fused-ring (bicyclic) bond motifs is 3. The predicted octanol–water partition coefficient (Wildman–Crippen LogP) is 4.88. The monoisotopic (exact) mass is 468 g/mol. The number of hydrogen-bond acceptors (Lipinski definition) is 5. The van der Waals surface area contributed by atoms with Crippen LogP contribution in [0.25, 0.3) is 0 Å². The first-order chi connectivity index (χ1) is 16.5. The minimum atomic E-state index is -0.515. The summed E-state index contributed by atoms with van der Waals surface area (Å²) < 4.78 is 0. The zero-order valence-corrected chi connectivity index (χ0v) is 19.8. The van der Waals surface area contributed by atoms with E-state index >= 15 is 0 Å². The Hall–Kier alpha value is -3.71. The number of aliphatic imine (C=N–C) groups is 2. The molecule has 2 heterocycles. The van der Waals surface area contributed by atoms with Crippen LogP contribution in [0.4, 0.5) is 11.4 Å². The molecule has 0 radical (unpaired) electrons. The van der Waals surface area contributed by atoms with Gasteiger partial charge < -0.3 is 5.32 Å². The normalized spacial score (nSPS) is 16.5. The van der Waals surface area contributed by atoms with E-state index in [1.54, 1.807) is 4.90 Å². The number of amidine groups is 2. The van der Waals surface area contributed by atoms with Gasteiger partial charge in [0.1, 0.15) is 11.9 Å². The highest BCUT2D eigenvalue weighted by Crippen LogP contribution is 2.34. The van der Waals surface area contributed by atoms with E-state index in [4.69, 9.17) is 9.98 Å². The number of benzene rings is 3. The van der Waals surface area contributed by atoms with Crippen LogP contribution in [0.2, 0.25) is 0 Å². The highest BCUT2D eigenvalue weighted by atomic mass is 32.2. The number of thioether (sulfide) groups is 1. The van der Waals surface area contributed by atoms with Gasteiger partial charge in [-0.15, -0.1) is 0 Å².